The Balaban J connectivity index is 2.36. The fraction of sp³-hybridized carbons (Fsp3) is 0.846. The molecule has 1 saturated heterocycles. The molecule has 1 heterocycles. The number of urea groups is 1. The first-order chi connectivity index (χ1) is 9.45. The minimum Gasteiger partial charge on any atom is -0.481 e. The molecule has 1 aliphatic heterocycles. The van der Waals surface area contributed by atoms with Crippen molar-refractivity contribution in [2.75, 3.05) is 53.5 Å². The molecule has 0 bridgehead atoms. The molecule has 2 amide bonds. The number of rotatable bonds is 6. The molecule has 1 rings (SSSR count). The molecule has 0 saturated carbocycles. The van der Waals surface area contributed by atoms with Crippen LogP contribution in [-0.2, 0) is 9.53 Å². The Morgan fingerprint density at radius 3 is 2.40 bits per heavy atom. The highest BCUT2D eigenvalue weighted by atomic mass is 16.5. The monoisotopic (exact) mass is 287 g/mol. The highest BCUT2D eigenvalue weighted by Gasteiger charge is 2.25. The van der Waals surface area contributed by atoms with Crippen LogP contribution in [0.3, 0.4) is 0 Å². The topological polar surface area (TPSA) is 73.3 Å². The first-order valence-electron chi connectivity index (χ1n) is 6.90. The number of carbonyl (C=O) groups is 2. The van der Waals surface area contributed by atoms with Crippen molar-refractivity contribution < 1.29 is 19.4 Å². The van der Waals surface area contributed by atoms with Gasteiger partial charge in [0.25, 0.3) is 0 Å². The Kier molecular flexibility index (Phi) is 6.74. The summed E-state index contributed by atoms with van der Waals surface area (Å²) >= 11 is 0. The maximum atomic E-state index is 12.3. The lowest BCUT2D eigenvalue weighted by Gasteiger charge is -2.37. The van der Waals surface area contributed by atoms with E-state index >= 15 is 0 Å². The maximum Gasteiger partial charge on any atom is 0.320 e. The Bertz CT molecular complexity index is 330. The van der Waals surface area contributed by atoms with E-state index in [1.54, 1.807) is 19.1 Å². The average Bonchev–Trinajstić information content (AvgIpc) is 2.44. The number of methoxy groups -OCH3 is 1. The van der Waals surface area contributed by atoms with Crippen molar-refractivity contribution in [3.63, 3.8) is 0 Å². The van der Waals surface area contributed by atoms with Crippen molar-refractivity contribution in [3.05, 3.63) is 0 Å². The average molecular weight is 287 g/mol. The van der Waals surface area contributed by atoms with E-state index in [9.17, 15) is 9.59 Å². The minimum absolute atomic E-state index is 0.00688. The van der Waals surface area contributed by atoms with Gasteiger partial charge < -0.3 is 19.6 Å². The Morgan fingerprint density at radius 1 is 1.30 bits per heavy atom. The van der Waals surface area contributed by atoms with Gasteiger partial charge in [0, 0.05) is 46.9 Å². The number of carbonyl (C=O) groups excluding carboxylic acids is 1. The van der Waals surface area contributed by atoms with E-state index in [0.29, 0.717) is 26.2 Å². The van der Waals surface area contributed by atoms with Crippen LogP contribution >= 0.6 is 0 Å². The number of amides is 2. The summed E-state index contributed by atoms with van der Waals surface area (Å²) in [7, 11) is 3.40. The van der Waals surface area contributed by atoms with Crippen LogP contribution in [-0.4, -0.2) is 91.3 Å². The van der Waals surface area contributed by atoms with Crippen molar-refractivity contribution in [1.29, 1.82) is 0 Å². The van der Waals surface area contributed by atoms with Crippen molar-refractivity contribution >= 4 is 12.0 Å². The minimum atomic E-state index is -0.781. The number of aliphatic carboxylic acids is 1. The van der Waals surface area contributed by atoms with E-state index in [4.69, 9.17) is 9.84 Å². The predicted molar refractivity (Wildman–Crippen MR) is 74.8 cm³/mol. The zero-order valence-corrected chi connectivity index (χ0v) is 12.5. The zero-order chi connectivity index (χ0) is 15.1. The normalized spacial score (nSPS) is 17.9. The first kappa shape index (κ1) is 16.7. The zero-order valence-electron chi connectivity index (χ0n) is 12.5. The molecular formula is C13H25N3O4. The van der Waals surface area contributed by atoms with E-state index < -0.39 is 5.97 Å². The predicted octanol–water partition coefficient (Wildman–Crippen LogP) is 0.165. The van der Waals surface area contributed by atoms with E-state index in [1.165, 1.54) is 0 Å². The molecule has 0 aromatic rings. The number of carboxylic acid groups (broad SMARTS) is 1. The SMILES string of the molecule is COCC(C)N(C)C(=O)N1CCN(CCC(=O)O)CC1. The highest BCUT2D eigenvalue weighted by Crippen LogP contribution is 2.08. The molecule has 1 N–H and O–H groups in total. The van der Waals surface area contributed by atoms with E-state index in [0.717, 1.165) is 13.1 Å². The van der Waals surface area contributed by atoms with Crippen molar-refractivity contribution in [2.45, 2.75) is 19.4 Å². The van der Waals surface area contributed by atoms with Gasteiger partial charge in [0.2, 0.25) is 0 Å². The molecule has 1 atom stereocenters. The van der Waals surface area contributed by atoms with Crippen LogP contribution in [0.2, 0.25) is 0 Å². The van der Waals surface area contributed by atoms with Crippen LogP contribution < -0.4 is 0 Å². The standard InChI is InChI=1S/C13H25N3O4/c1-11(10-20-3)14(2)13(19)16-8-6-15(7-9-16)5-4-12(17)18/h11H,4-10H2,1-3H3,(H,17,18). The van der Waals surface area contributed by atoms with Gasteiger partial charge >= 0.3 is 12.0 Å². The van der Waals surface area contributed by atoms with Crippen LogP contribution in [0.25, 0.3) is 0 Å². The second-order valence-electron chi connectivity index (χ2n) is 5.17. The Labute approximate surface area is 120 Å². The third-order valence-electron chi connectivity index (χ3n) is 3.66. The van der Waals surface area contributed by atoms with Gasteiger partial charge in [0.15, 0.2) is 0 Å². The van der Waals surface area contributed by atoms with Gasteiger partial charge in [0.1, 0.15) is 0 Å². The number of hydrogen-bond acceptors (Lipinski definition) is 4. The summed E-state index contributed by atoms with van der Waals surface area (Å²) in [6.07, 6.45) is 0.152. The summed E-state index contributed by atoms with van der Waals surface area (Å²) in [6.45, 7) is 5.75. The third kappa shape index (κ3) is 4.97. The number of hydrogen-bond donors (Lipinski definition) is 1. The quantitative estimate of drug-likeness (QED) is 0.753. The van der Waals surface area contributed by atoms with Crippen molar-refractivity contribution in [1.82, 2.24) is 14.7 Å². The lowest BCUT2D eigenvalue weighted by molar-refractivity contribution is -0.137. The highest BCUT2D eigenvalue weighted by molar-refractivity contribution is 5.74. The van der Waals surface area contributed by atoms with Crippen molar-refractivity contribution in [2.24, 2.45) is 0 Å². The van der Waals surface area contributed by atoms with Crippen LogP contribution in [0, 0.1) is 0 Å². The largest absolute Gasteiger partial charge is 0.481 e. The molecule has 116 valence electrons. The smallest absolute Gasteiger partial charge is 0.320 e. The van der Waals surface area contributed by atoms with Gasteiger partial charge in [-0.3, -0.25) is 9.69 Å². The van der Waals surface area contributed by atoms with E-state index in [-0.39, 0.29) is 18.5 Å². The Hall–Kier alpha value is -1.34. The summed E-state index contributed by atoms with van der Waals surface area (Å²) in [5.41, 5.74) is 0. The molecule has 1 unspecified atom stereocenters. The number of piperazine rings is 1. The van der Waals surface area contributed by atoms with Gasteiger partial charge in [-0.05, 0) is 6.92 Å². The number of likely N-dealkylation sites (N-methyl/N-ethyl adjacent to an activating group) is 1. The van der Waals surface area contributed by atoms with Gasteiger partial charge in [-0.1, -0.05) is 0 Å². The van der Waals surface area contributed by atoms with E-state index in [1.807, 2.05) is 11.8 Å². The van der Waals surface area contributed by atoms with Crippen LogP contribution in [0.4, 0.5) is 4.79 Å². The lowest BCUT2D eigenvalue weighted by atomic mass is 10.3. The van der Waals surface area contributed by atoms with Crippen molar-refractivity contribution in [3.8, 4) is 0 Å². The first-order valence-corrected chi connectivity index (χ1v) is 6.90. The number of carboxylic acids is 1. The molecule has 1 fully saturated rings. The second kappa shape index (κ2) is 8.06. The van der Waals surface area contributed by atoms with Gasteiger partial charge in [-0.25, -0.2) is 4.79 Å². The van der Waals surface area contributed by atoms with Crippen LogP contribution in [0.15, 0.2) is 0 Å². The summed E-state index contributed by atoms with van der Waals surface area (Å²) < 4.78 is 5.06. The van der Waals surface area contributed by atoms with E-state index in [2.05, 4.69) is 4.90 Å². The van der Waals surface area contributed by atoms with Crippen LogP contribution in [0.5, 0.6) is 0 Å². The number of ether oxygens (including phenoxy) is 1. The fourth-order valence-corrected chi connectivity index (χ4v) is 2.18. The van der Waals surface area contributed by atoms with Gasteiger partial charge in [0.05, 0.1) is 19.1 Å². The van der Waals surface area contributed by atoms with Gasteiger partial charge in [-0.15, -0.1) is 0 Å². The molecule has 7 nitrogen and oxygen atoms in total. The molecule has 7 heteroatoms. The molecule has 0 radical (unpaired) electrons. The molecule has 1 aliphatic rings. The summed E-state index contributed by atoms with van der Waals surface area (Å²) in [5.74, 6) is -0.781. The Morgan fingerprint density at radius 2 is 1.90 bits per heavy atom. The van der Waals surface area contributed by atoms with Crippen LogP contribution in [0.1, 0.15) is 13.3 Å². The maximum absolute atomic E-state index is 12.3. The molecule has 0 aliphatic carbocycles. The fourth-order valence-electron chi connectivity index (χ4n) is 2.18. The molecule has 20 heavy (non-hydrogen) atoms. The second-order valence-corrected chi connectivity index (χ2v) is 5.17. The molecule has 0 spiro atoms. The molecule has 0 aromatic carbocycles. The summed E-state index contributed by atoms with van der Waals surface area (Å²) in [4.78, 5) is 28.4. The third-order valence-corrected chi connectivity index (χ3v) is 3.66. The molecular weight excluding hydrogens is 262 g/mol. The molecule has 0 aromatic heterocycles. The van der Waals surface area contributed by atoms with Gasteiger partial charge in [-0.2, -0.15) is 0 Å². The lowest BCUT2D eigenvalue weighted by Crippen LogP contribution is -2.54. The summed E-state index contributed by atoms with van der Waals surface area (Å²) in [6, 6.07) is 0.0463. The summed E-state index contributed by atoms with van der Waals surface area (Å²) in [5, 5.41) is 8.66. The number of nitrogens with zero attached hydrogens (tertiary/aromatic N) is 3.